The monoisotopic (exact) mass is 248 g/mol. The van der Waals surface area contributed by atoms with Crippen molar-refractivity contribution in [2.75, 3.05) is 6.26 Å². The van der Waals surface area contributed by atoms with Gasteiger partial charge >= 0.3 is 6.18 Å². The Morgan fingerprint density at radius 1 is 1.25 bits per heavy atom. The van der Waals surface area contributed by atoms with Crippen LogP contribution < -0.4 is 0 Å². The lowest BCUT2D eigenvalue weighted by Crippen LogP contribution is -2.10. The van der Waals surface area contributed by atoms with E-state index in [1.54, 1.807) is 24.3 Å². The van der Waals surface area contributed by atoms with Crippen molar-refractivity contribution in [3.63, 3.8) is 0 Å². The molecule has 1 nitrogen and oxygen atoms in total. The number of benzene rings is 1. The summed E-state index contributed by atoms with van der Waals surface area (Å²) in [7, 11) is 0. The van der Waals surface area contributed by atoms with Gasteiger partial charge in [-0.1, -0.05) is 12.1 Å². The summed E-state index contributed by atoms with van der Waals surface area (Å²) in [5.41, 5.74) is 0.335. The first-order valence-electron chi connectivity index (χ1n) is 4.66. The smallest absolute Gasteiger partial charge is 0.294 e. The molecule has 0 aliphatic rings. The van der Waals surface area contributed by atoms with E-state index in [1.807, 2.05) is 6.26 Å². The second-order valence-electron chi connectivity index (χ2n) is 3.27. The molecule has 0 radical (unpaired) electrons. The lowest BCUT2D eigenvalue weighted by molar-refractivity contribution is -0.133. The van der Waals surface area contributed by atoms with Gasteiger partial charge in [0.1, 0.15) is 0 Å². The quantitative estimate of drug-likeness (QED) is 0.593. The Bertz CT molecular complexity index is 356. The minimum absolute atomic E-state index is 0.335. The summed E-state index contributed by atoms with van der Waals surface area (Å²) in [6, 6.07) is 6.58. The molecule has 0 saturated carbocycles. The summed E-state index contributed by atoms with van der Waals surface area (Å²) < 4.78 is 35.7. The van der Waals surface area contributed by atoms with E-state index in [4.69, 9.17) is 0 Å². The normalized spacial score (nSPS) is 11.5. The van der Waals surface area contributed by atoms with Crippen LogP contribution in [0.15, 0.2) is 29.2 Å². The number of halogens is 3. The zero-order chi connectivity index (χ0) is 12.2. The SMILES string of the molecule is CSc1ccc(C(=O)CCC(F)(F)F)cc1. The number of carbonyl (C=O) groups excluding carboxylic acids is 1. The number of hydrogen-bond donors (Lipinski definition) is 0. The predicted octanol–water partition coefficient (Wildman–Crippen LogP) is 3.93. The molecule has 1 aromatic rings. The number of thioether (sulfide) groups is 1. The molecule has 0 atom stereocenters. The fourth-order valence-electron chi connectivity index (χ4n) is 1.18. The maximum absolute atomic E-state index is 11.9. The topological polar surface area (TPSA) is 17.1 Å². The molecule has 0 unspecified atom stereocenters. The molecule has 0 spiro atoms. The summed E-state index contributed by atoms with van der Waals surface area (Å²) in [4.78, 5) is 12.4. The van der Waals surface area contributed by atoms with E-state index < -0.39 is 24.8 Å². The first kappa shape index (κ1) is 13.1. The van der Waals surface area contributed by atoms with Crippen molar-refractivity contribution in [3.8, 4) is 0 Å². The van der Waals surface area contributed by atoms with Crippen LogP contribution in [0, 0.1) is 0 Å². The zero-order valence-electron chi connectivity index (χ0n) is 8.67. The highest BCUT2D eigenvalue weighted by atomic mass is 32.2. The summed E-state index contributed by atoms with van der Waals surface area (Å²) in [5.74, 6) is -0.468. The number of ketones is 1. The Morgan fingerprint density at radius 2 is 1.81 bits per heavy atom. The Labute approximate surface area is 96.0 Å². The number of carbonyl (C=O) groups is 1. The van der Waals surface area contributed by atoms with Gasteiger partial charge in [0.05, 0.1) is 6.42 Å². The van der Waals surface area contributed by atoms with Gasteiger partial charge in [-0.25, -0.2) is 0 Å². The largest absolute Gasteiger partial charge is 0.389 e. The molecule has 1 aromatic carbocycles. The van der Waals surface area contributed by atoms with Crippen LogP contribution in [0.4, 0.5) is 13.2 Å². The van der Waals surface area contributed by atoms with Crippen LogP contribution in [-0.4, -0.2) is 18.2 Å². The number of alkyl halides is 3. The molecule has 0 fully saturated rings. The molecule has 0 heterocycles. The molecular formula is C11H11F3OS. The second kappa shape index (κ2) is 5.39. The standard InChI is InChI=1S/C11H11F3OS/c1-16-9-4-2-8(3-5-9)10(15)6-7-11(12,13)14/h2-5H,6-7H2,1H3. The van der Waals surface area contributed by atoms with Gasteiger partial charge in [0.15, 0.2) is 5.78 Å². The van der Waals surface area contributed by atoms with Crippen molar-refractivity contribution >= 4 is 17.5 Å². The maximum atomic E-state index is 11.9. The van der Waals surface area contributed by atoms with Crippen LogP contribution in [0.25, 0.3) is 0 Å². The van der Waals surface area contributed by atoms with E-state index in [1.165, 1.54) is 11.8 Å². The van der Waals surface area contributed by atoms with Gasteiger partial charge in [-0.3, -0.25) is 4.79 Å². The average molecular weight is 248 g/mol. The van der Waals surface area contributed by atoms with Gasteiger partial charge in [-0.2, -0.15) is 13.2 Å². The van der Waals surface area contributed by atoms with E-state index >= 15 is 0 Å². The molecule has 0 aromatic heterocycles. The molecular weight excluding hydrogens is 237 g/mol. The molecule has 0 amide bonds. The third-order valence-corrected chi connectivity index (χ3v) is 2.79. The first-order chi connectivity index (χ1) is 7.42. The number of rotatable bonds is 4. The molecule has 16 heavy (non-hydrogen) atoms. The Kier molecular flexibility index (Phi) is 4.41. The fourth-order valence-corrected chi connectivity index (χ4v) is 1.58. The molecule has 0 N–H and O–H groups in total. The molecule has 0 bridgehead atoms. The van der Waals surface area contributed by atoms with Crippen LogP contribution in [-0.2, 0) is 0 Å². The maximum Gasteiger partial charge on any atom is 0.389 e. The van der Waals surface area contributed by atoms with Crippen molar-refractivity contribution in [1.29, 1.82) is 0 Å². The lowest BCUT2D eigenvalue weighted by Gasteiger charge is -2.05. The van der Waals surface area contributed by atoms with Crippen molar-refractivity contribution in [2.45, 2.75) is 23.9 Å². The van der Waals surface area contributed by atoms with Crippen molar-refractivity contribution in [3.05, 3.63) is 29.8 Å². The van der Waals surface area contributed by atoms with Crippen molar-refractivity contribution in [1.82, 2.24) is 0 Å². The molecule has 0 aliphatic carbocycles. The molecule has 88 valence electrons. The summed E-state index contributed by atoms with van der Waals surface area (Å²) in [5, 5.41) is 0. The van der Waals surface area contributed by atoms with E-state index in [-0.39, 0.29) is 0 Å². The van der Waals surface area contributed by atoms with Crippen LogP contribution in [0.2, 0.25) is 0 Å². The van der Waals surface area contributed by atoms with Gasteiger partial charge in [0, 0.05) is 16.9 Å². The second-order valence-corrected chi connectivity index (χ2v) is 4.15. The molecule has 1 rings (SSSR count). The highest BCUT2D eigenvalue weighted by Crippen LogP contribution is 2.23. The van der Waals surface area contributed by atoms with Gasteiger partial charge in [0.25, 0.3) is 0 Å². The molecule has 0 aliphatic heterocycles. The first-order valence-corrected chi connectivity index (χ1v) is 5.89. The van der Waals surface area contributed by atoms with Gasteiger partial charge in [0.2, 0.25) is 0 Å². The zero-order valence-corrected chi connectivity index (χ0v) is 9.49. The average Bonchev–Trinajstić information content (AvgIpc) is 2.25. The minimum Gasteiger partial charge on any atom is -0.294 e. The Hall–Kier alpha value is -0.970. The Balaban J connectivity index is 2.59. The van der Waals surface area contributed by atoms with E-state index in [9.17, 15) is 18.0 Å². The lowest BCUT2D eigenvalue weighted by atomic mass is 10.1. The van der Waals surface area contributed by atoms with E-state index in [2.05, 4.69) is 0 Å². The van der Waals surface area contributed by atoms with Crippen LogP contribution in [0.5, 0.6) is 0 Å². The summed E-state index contributed by atoms with van der Waals surface area (Å²) in [6.45, 7) is 0. The summed E-state index contributed by atoms with van der Waals surface area (Å²) >= 11 is 1.52. The van der Waals surface area contributed by atoms with E-state index in [0.717, 1.165) is 4.90 Å². The van der Waals surface area contributed by atoms with E-state index in [0.29, 0.717) is 5.56 Å². The molecule has 5 heteroatoms. The van der Waals surface area contributed by atoms with Crippen LogP contribution in [0.1, 0.15) is 23.2 Å². The number of hydrogen-bond acceptors (Lipinski definition) is 2. The number of Topliss-reactive ketones (excluding diaryl/α,β-unsaturated/α-hetero) is 1. The predicted molar refractivity (Wildman–Crippen MR) is 57.8 cm³/mol. The highest BCUT2D eigenvalue weighted by molar-refractivity contribution is 7.98. The van der Waals surface area contributed by atoms with Crippen LogP contribution in [0.3, 0.4) is 0 Å². The minimum atomic E-state index is -4.27. The van der Waals surface area contributed by atoms with Crippen molar-refractivity contribution < 1.29 is 18.0 Å². The summed E-state index contributed by atoms with van der Waals surface area (Å²) in [6.07, 6.45) is -3.92. The Morgan fingerprint density at radius 3 is 2.25 bits per heavy atom. The third kappa shape index (κ3) is 4.26. The van der Waals surface area contributed by atoms with Gasteiger partial charge in [-0.15, -0.1) is 11.8 Å². The third-order valence-electron chi connectivity index (χ3n) is 2.05. The van der Waals surface area contributed by atoms with Crippen LogP contribution >= 0.6 is 11.8 Å². The van der Waals surface area contributed by atoms with Gasteiger partial charge < -0.3 is 0 Å². The van der Waals surface area contributed by atoms with Crippen molar-refractivity contribution in [2.24, 2.45) is 0 Å². The molecule has 0 saturated heterocycles. The fraction of sp³-hybridized carbons (Fsp3) is 0.364. The highest BCUT2D eigenvalue weighted by Gasteiger charge is 2.28. The van der Waals surface area contributed by atoms with Gasteiger partial charge in [-0.05, 0) is 18.4 Å².